The van der Waals surface area contributed by atoms with Gasteiger partial charge in [-0.3, -0.25) is 9.59 Å². The van der Waals surface area contributed by atoms with Gasteiger partial charge in [-0.25, -0.2) is 0 Å². The second-order valence-electron chi connectivity index (χ2n) is 9.05. The fraction of sp³-hybridized carbons (Fsp3) is 0.429. The van der Waals surface area contributed by atoms with Crippen LogP contribution in [-0.4, -0.2) is 48.4 Å². The van der Waals surface area contributed by atoms with E-state index >= 15 is 0 Å². The molecule has 6 nitrogen and oxygen atoms in total. The Labute approximate surface area is 231 Å². The molecule has 0 aliphatic carbocycles. The molecule has 4 rings (SSSR count). The van der Waals surface area contributed by atoms with E-state index in [9.17, 15) is 9.59 Å². The third-order valence-electron chi connectivity index (χ3n) is 6.38. The van der Waals surface area contributed by atoms with Crippen LogP contribution >= 0.6 is 23.2 Å². The molecule has 192 valence electrons. The second kappa shape index (κ2) is 11.7. The van der Waals surface area contributed by atoms with Crippen molar-refractivity contribution in [1.29, 1.82) is 0 Å². The van der Waals surface area contributed by atoms with Crippen molar-refractivity contribution in [1.82, 2.24) is 10.2 Å². The Kier molecular flexibility index (Phi) is 6.34. The van der Waals surface area contributed by atoms with E-state index < -0.39 is 30.8 Å². The summed E-state index contributed by atoms with van der Waals surface area (Å²) in [5, 5.41) is 3.80. The predicted molar refractivity (Wildman–Crippen MR) is 142 cm³/mol. The van der Waals surface area contributed by atoms with Crippen LogP contribution in [0.4, 0.5) is 0 Å². The van der Waals surface area contributed by atoms with Crippen molar-refractivity contribution in [2.45, 2.75) is 58.5 Å². The molecule has 0 aromatic heterocycles. The molecule has 8 heteroatoms. The monoisotopic (exact) mass is 536 g/mol. The lowest BCUT2D eigenvalue weighted by Gasteiger charge is -2.32. The number of ketones is 1. The van der Waals surface area contributed by atoms with E-state index in [1.165, 1.54) is 6.07 Å². The largest absolute Gasteiger partial charge is 0.490 e. The van der Waals surface area contributed by atoms with Gasteiger partial charge in [-0.05, 0) is 88.8 Å². The van der Waals surface area contributed by atoms with Crippen LogP contribution in [0.5, 0.6) is 11.5 Å². The fourth-order valence-electron chi connectivity index (χ4n) is 4.44. The molecule has 2 aliphatic rings. The van der Waals surface area contributed by atoms with Gasteiger partial charge in [0, 0.05) is 32.9 Å². The molecule has 0 saturated carbocycles. The average molecular weight is 538 g/mol. The van der Waals surface area contributed by atoms with Gasteiger partial charge in [0.25, 0.3) is 5.91 Å². The van der Waals surface area contributed by atoms with Crippen molar-refractivity contribution in [3.63, 3.8) is 0 Å². The van der Waals surface area contributed by atoms with Crippen molar-refractivity contribution in [3.05, 3.63) is 68.9 Å². The van der Waals surface area contributed by atoms with E-state index in [-0.39, 0.29) is 35.1 Å². The van der Waals surface area contributed by atoms with Crippen LogP contribution in [0.1, 0.15) is 75.3 Å². The summed E-state index contributed by atoms with van der Waals surface area (Å²) < 4.78 is 57.4. The molecule has 0 spiro atoms. The highest BCUT2D eigenvalue weighted by molar-refractivity contribution is 6.42. The number of rotatable bonds is 8. The van der Waals surface area contributed by atoms with Gasteiger partial charge in [0.1, 0.15) is 17.1 Å². The summed E-state index contributed by atoms with van der Waals surface area (Å²) in [6.45, 7) is -1.68. The lowest BCUT2D eigenvalue weighted by Crippen LogP contribution is -2.44. The summed E-state index contributed by atoms with van der Waals surface area (Å²) in [4.78, 5) is 28.0. The number of fused-ring (bicyclic) bond motifs is 1. The topological polar surface area (TPSA) is 67.9 Å². The lowest BCUT2D eigenvalue weighted by atomic mass is 10.0. The Balaban J connectivity index is 1.27. The summed E-state index contributed by atoms with van der Waals surface area (Å²) in [6, 6.07) is 9.55. The van der Waals surface area contributed by atoms with Crippen LogP contribution in [0.15, 0.2) is 47.7 Å². The number of hydrogen-bond acceptors (Lipinski definition) is 5. The van der Waals surface area contributed by atoms with Crippen LogP contribution < -0.4 is 14.8 Å². The van der Waals surface area contributed by atoms with Gasteiger partial charge < -0.3 is 19.7 Å². The third-order valence-corrected chi connectivity index (χ3v) is 7.12. The van der Waals surface area contributed by atoms with Crippen LogP contribution in [0, 0.1) is 0 Å². The molecule has 1 atom stereocenters. The highest BCUT2D eigenvalue weighted by Gasteiger charge is 2.32. The highest BCUT2D eigenvalue weighted by atomic mass is 35.5. The number of halogens is 2. The van der Waals surface area contributed by atoms with Crippen molar-refractivity contribution in [2.75, 3.05) is 19.6 Å². The molecule has 1 fully saturated rings. The summed E-state index contributed by atoms with van der Waals surface area (Å²) in [6.07, 6.45) is 2.88. The van der Waals surface area contributed by atoms with E-state index in [2.05, 4.69) is 10.2 Å². The molecule has 1 amide bonds. The zero-order valence-corrected chi connectivity index (χ0v) is 21.4. The molecule has 36 heavy (non-hydrogen) atoms. The third kappa shape index (κ3) is 6.23. The van der Waals surface area contributed by atoms with Gasteiger partial charge >= 0.3 is 0 Å². The molecule has 0 bridgehead atoms. The molecule has 2 heterocycles. The maximum atomic E-state index is 13.1. The maximum Gasteiger partial charge on any atom is 0.251 e. The number of benzene rings is 2. The van der Waals surface area contributed by atoms with E-state index in [0.717, 1.165) is 38.9 Å². The lowest BCUT2D eigenvalue weighted by molar-refractivity contribution is 0.0907. The van der Waals surface area contributed by atoms with Crippen LogP contribution in [0.2, 0.25) is 10.0 Å². The van der Waals surface area contributed by atoms with E-state index in [0.29, 0.717) is 22.0 Å². The standard InChI is InChI=1S/C28H32Cl2N2O4/c1-17(2)27-26(33)25-23(7-4-8-24(25)36-27)35-18(3)6-5-13-32-14-11-20(12-15-32)31-28(34)19-9-10-21(29)22(30)16-19/h4,7-10,16,18,20H,5-6,11-15H2,1-3H3,(H,31,34)/i1D3,2D3. The van der Waals surface area contributed by atoms with Crippen molar-refractivity contribution in [3.8, 4) is 11.5 Å². The number of piperidine rings is 1. The van der Waals surface area contributed by atoms with Gasteiger partial charge in [0.05, 0.1) is 16.1 Å². The predicted octanol–water partition coefficient (Wildman–Crippen LogP) is 6.30. The number of amides is 1. The Morgan fingerprint density at radius 1 is 1.22 bits per heavy atom. The number of carbonyl (C=O) groups excluding carboxylic acids is 2. The first-order chi connectivity index (χ1) is 19.6. The molecule has 1 N–H and O–H groups in total. The minimum Gasteiger partial charge on any atom is -0.490 e. The minimum absolute atomic E-state index is 0.0235. The van der Waals surface area contributed by atoms with E-state index in [4.69, 9.17) is 40.9 Å². The SMILES string of the molecule is [2H]C([2H])([2H])C(=C1Oc2cccc(OC(C)CCCN3CCC(NC(=O)c4ccc(Cl)c(Cl)c4)CC3)c2C1=O)C([2H])([2H])[2H]. The molecule has 1 unspecified atom stereocenters. The number of carbonyl (C=O) groups is 2. The zero-order valence-electron chi connectivity index (χ0n) is 25.9. The number of Topliss-reactive ketones (excluding diaryl/α,β-unsaturated/α-hetero) is 1. The van der Waals surface area contributed by atoms with Gasteiger partial charge in [0.15, 0.2) is 5.76 Å². The number of likely N-dealkylation sites (tertiary alicyclic amines) is 1. The molecule has 2 aromatic carbocycles. The zero-order chi connectivity index (χ0) is 30.8. The van der Waals surface area contributed by atoms with Crippen LogP contribution in [0.3, 0.4) is 0 Å². The summed E-state index contributed by atoms with van der Waals surface area (Å²) in [7, 11) is 0. The molecule has 2 aliphatic heterocycles. The first-order valence-electron chi connectivity index (χ1n) is 14.9. The number of hydrogen-bond donors (Lipinski definition) is 1. The Morgan fingerprint density at radius 3 is 2.72 bits per heavy atom. The number of nitrogens with zero attached hydrogens (tertiary/aromatic N) is 1. The van der Waals surface area contributed by atoms with Crippen LogP contribution in [-0.2, 0) is 0 Å². The fourth-order valence-corrected chi connectivity index (χ4v) is 4.74. The normalized spacial score (nSPS) is 20.1. The van der Waals surface area contributed by atoms with Crippen molar-refractivity contribution in [2.24, 2.45) is 0 Å². The smallest absolute Gasteiger partial charge is 0.251 e. The van der Waals surface area contributed by atoms with E-state index in [1.807, 2.05) is 6.92 Å². The Morgan fingerprint density at radius 2 is 2.00 bits per heavy atom. The van der Waals surface area contributed by atoms with Crippen molar-refractivity contribution >= 4 is 34.9 Å². The summed E-state index contributed by atoms with van der Waals surface area (Å²) in [5.74, 6) is -1.40. The van der Waals surface area contributed by atoms with Gasteiger partial charge in [-0.15, -0.1) is 0 Å². The average Bonchev–Trinajstić information content (AvgIpc) is 3.21. The molecular formula is C28H32Cl2N2O4. The Hall–Kier alpha value is -2.54. The molecular weight excluding hydrogens is 499 g/mol. The quantitative estimate of drug-likeness (QED) is 0.400. The van der Waals surface area contributed by atoms with Gasteiger partial charge in [-0.2, -0.15) is 0 Å². The van der Waals surface area contributed by atoms with Gasteiger partial charge in [0.2, 0.25) is 5.78 Å². The summed E-state index contributed by atoms with van der Waals surface area (Å²) >= 11 is 12.0. The molecule has 0 radical (unpaired) electrons. The second-order valence-corrected chi connectivity index (χ2v) is 9.87. The van der Waals surface area contributed by atoms with Crippen LogP contribution in [0.25, 0.3) is 0 Å². The minimum atomic E-state index is -3.03. The maximum absolute atomic E-state index is 13.1. The first-order valence-corrected chi connectivity index (χ1v) is 12.7. The Bertz CT molecular complexity index is 1360. The first kappa shape index (κ1) is 19.6. The highest BCUT2D eigenvalue weighted by Crippen LogP contribution is 2.39. The van der Waals surface area contributed by atoms with Crippen molar-refractivity contribution < 1.29 is 27.3 Å². The summed E-state index contributed by atoms with van der Waals surface area (Å²) in [5.41, 5.74) is -0.497. The van der Waals surface area contributed by atoms with E-state index in [1.54, 1.807) is 30.3 Å². The number of ether oxygens (including phenoxy) is 2. The molecule has 2 aromatic rings. The van der Waals surface area contributed by atoms with Gasteiger partial charge in [-0.1, -0.05) is 29.3 Å². The number of allylic oxidation sites excluding steroid dienone is 2. The number of nitrogens with one attached hydrogen (secondary N) is 1. The molecule has 1 saturated heterocycles.